The Balaban J connectivity index is 2.14. The number of hydrogen-bond donors (Lipinski definition) is 1. The molecule has 1 N–H and O–H groups in total. The Hall–Kier alpha value is -2.86. The fourth-order valence-corrected chi connectivity index (χ4v) is 2.63. The minimum absolute atomic E-state index is 0.226. The van der Waals surface area contributed by atoms with Crippen LogP contribution in [-0.4, -0.2) is 27.3 Å². The van der Waals surface area contributed by atoms with Gasteiger partial charge in [0, 0.05) is 28.6 Å². The topological polar surface area (TPSA) is 77.0 Å². The molecule has 25 heavy (non-hydrogen) atoms. The van der Waals surface area contributed by atoms with Gasteiger partial charge in [0.05, 0.1) is 23.2 Å². The maximum Gasteiger partial charge on any atom is 0.330 e. The lowest BCUT2D eigenvalue weighted by Crippen LogP contribution is -2.14. The van der Waals surface area contributed by atoms with Gasteiger partial charge in [-0.1, -0.05) is 11.6 Å². The average Bonchev–Trinajstić information content (AvgIpc) is 2.92. The molecule has 3 rings (SSSR count). The average molecular weight is 358 g/mol. The smallest absolute Gasteiger partial charge is 0.330 e. The van der Waals surface area contributed by atoms with Gasteiger partial charge in [0.1, 0.15) is 0 Å². The van der Waals surface area contributed by atoms with E-state index in [1.807, 2.05) is 6.92 Å². The molecule has 2 aromatic heterocycles. The third kappa shape index (κ3) is 3.34. The Morgan fingerprint density at radius 3 is 2.76 bits per heavy atom. The molecule has 0 unspecified atom stereocenters. The van der Waals surface area contributed by atoms with Crippen LogP contribution in [0.25, 0.3) is 22.7 Å². The summed E-state index contributed by atoms with van der Waals surface area (Å²) in [6.07, 6.45) is 4.45. The van der Waals surface area contributed by atoms with Crippen LogP contribution in [0.5, 0.6) is 0 Å². The van der Waals surface area contributed by atoms with Gasteiger partial charge in [-0.3, -0.25) is 14.9 Å². The highest BCUT2D eigenvalue weighted by atomic mass is 35.5. The van der Waals surface area contributed by atoms with Crippen LogP contribution in [0.2, 0.25) is 5.02 Å². The molecule has 0 saturated carbocycles. The molecule has 0 aliphatic heterocycles. The first-order valence-corrected chi connectivity index (χ1v) is 8.10. The summed E-state index contributed by atoms with van der Waals surface area (Å²) in [5.41, 5.74) is 2.39. The molecule has 0 fully saturated rings. The SMILES string of the molecule is CCOC(=O)/C=C/c1c(C)ncc2c(=O)n(-c3ccc(Cl)cc3)[nH]c12. The summed E-state index contributed by atoms with van der Waals surface area (Å²) in [7, 11) is 0. The number of pyridine rings is 1. The van der Waals surface area contributed by atoms with Crippen molar-refractivity contribution >= 4 is 34.5 Å². The van der Waals surface area contributed by atoms with Crippen LogP contribution in [0.1, 0.15) is 18.2 Å². The first-order valence-electron chi connectivity index (χ1n) is 7.72. The van der Waals surface area contributed by atoms with Crippen molar-refractivity contribution in [3.05, 3.63) is 63.2 Å². The van der Waals surface area contributed by atoms with Crippen molar-refractivity contribution in [1.29, 1.82) is 0 Å². The lowest BCUT2D eigenvalue weighted by atomic mass is 10.1. The third-order valence-corrected chi connectivity index (χ3v) is 3.98. The maximum absolute atomic E-state index is 12.7. The number of carbonyl (C=O) groups is 1. The van der Waals surface area contributed by atoms with Gasteiger partial charge in [0.15, 0.2) is 0 Å². The Bertz CT molecular complexity index is 1020. The zero-order valence-corrected chi connectivity index (χ0v) is 14.5. The lowest BCUT2D eigenvalue weighted by Gasteiger charge is -2.02. The maximum atomic E-state index is 12.7. The number of aromatic amines is 1. The molecule has 0 bridgehead atoms. The summed E-state index contributed by atoms with van der Waals surface area (Å²) >= 11 is 5.90. The van der Waals surface area contributed by atoms with E-state index in [0.717, 1.165) is 0 Å². The molecule has 0 saturated heterocycles. The van der Waals surface area contributed by atoms with Gasteiger partial charge in [-0.05, 0) is 44.2 Å². The third-order valence-electron chi connectivity index (χ3n) is 3.73. The van der Waals surface area contributed by atoms with E-state index in [9.17, 15) is 9.59 Å². The number of halogens is 1. The van der Waals surface area contributed by atoms with Crippen LogP contribution < -0.4 is 5.56 Å². The molecule has 0 spiro atoms. The van der Waals surface area contributed by atoms with Crippen LogP contribution in [0.3, 0.4) is 0 Å². The summed E-state index contributed by atoms with van der Waals surface area (Å²) in [4.78, 5) is 28.5. The van der Waals surface area contributed by atoms with Crippen molar-refractivity contribution in [2.24, 2.45) is 0 Å². The number of ether oxygens (including phenoxy) is 1. The highest BCUT2D eigenvalue weighted by Gasteiger charge is 2.13. The Labute approximate surface area is 148 Å². The van der Waals surface area contributed by atoms with Gasteiger partial charge in [-0.2, -0.15) is 0 Å². The van der Waals surface area contributed by atoms with E-state index in [-0.39, 0.29) is 5.56 Å². The summed E-state index contributed by atoms with van der Waals surface area (Å²) in [5, 5.41) is 4.10. The van der Waals surface area contributed by atoms with E-state index in [1.54, 1.807) is 37.3 Å². The Morgan fingerprint density at radius 1 is 1.36 bits per heavy atom. The van der Waals surface area contributed by atoms with Crippen molar-refractivity contribution in [3.8, 4) is 5.69 Å². The molecule has 2 heterocycles. The zero-order chi connectivity index (χ0) is 18.0. The normalized spacial score (nSPS) is 11.3. The second-order valence-electron chi connectivity index (χ2n) is 5.36. The molecule has 0 radical (unpaired) electrons. The molecule has 128 valence electrons. The van der Waals surface area contributed by atoms with Gasteiger partial charge in [0.25, 0.3) is 5.56 Å². The number of benzene rings is 1. The molecular weight excluding hydrogens is 342 g/mol. The molecule has 0 aliphatic rings. The number of nitrogens with one attached hydrogen (secondary N) is 1. The summed E-state index contributed by atoms with van der Waals surface area (Å²) < 4.78 is 6.31. The van der Waals surface area contributed by atoms with E-state index >= 15 is 0 Å². The number of esters is 1. The van der Waals surface area contributed by atoms with Crippen LogP contribution in [0.4, 0.5) is 0 Å². The van der Waals surface area contributed by atoms with E-state index < -0.39 is 5.97 Å². The highest BCUT2D eigenvalue weighted by molar-refractivity contribution is 6.30. The van der Waals surface area contributed by atoms with Gasteiger partial charge >= 0.3 is 5.97 Å². The largest absolute Gasteiger partial charge is 0.463 e. The number of nitrogens with zero attached hydrogens (tertiary/aromatic N) is 2. The molecule has 3 aromatic rings. The first-order chi connectivity index (χ1) is 12.0. The second-order valence-corrected chi connectivity index (χ2v) is 5.80. The molecule has 1 aromatic carbocycles. The van der Waals surface area contributed by atoms with Gasteiger partial charge in [-0.15, -0.1) is 0 Å². The lowest BCUT2D eigenvalue weighted by molar-refractivity contribution is -0.137. The number of carbonyl (C=O) groups excluding carboxylic acids is 1. The number of rotatable bonds is 4. The second kappa shape index (κ2) is 6.94. The van der Waals surface area contributed by atoms with Gasteiger partial charge < -0.3 is 4.74 Å². The number of aromatic nitrogens is 3. The van der Waals surface area contributed by atoms with E-state index in [1.165, 1.54) is 17.0 Å². The Kier molecular flexibility index (Phi) is 4.72. The van der Waals surface area contributed by atoms with Crippen molar-refractivity contribution in [2.45, 2.75) is 13.8 Å². The standard InChI is InChI=1S/C18H16ClN3O3/c1-3-25-16(23)9-8-14-11(2)20-10-15-17(14)21-22(18(15)24)13-6-4-12(19)5-7-13/h4-10,21H,3H2,1-2H3/b9-8+. The molecule has 6 nitrogen and oxygen atoms in total. The summed E-state index contributed by atoms with van der Waals surface area (Å²) in [6, 6.07) is 6.90. The molecule has 7 heteroatoms. The fraction of sp³-hybridized carbons (Fsp3) is 0.167. The van der Waals surface area contributed by atoms with E-state index in [2.05, 4.69) is 10.1 Å². The first kappa shape index (κ1) is 17.0. The van der Waals surface area contributed by atoms with Crippen molar-refractivity contribution < 1.29 is 9.53 Å². The van der Waals surface area contributed by atoms with E-state index in [0.29, 0.717) is 39.5 Å². The molecule has 0 amide bonds. The molecule has 0 atom stereocenters. The highest BCUT2D eigenvalue weighted by Crippen LogP contribution is 2.20. The summed E-state index contributed by atoms with van der Waals surface area (Å²) in [5.74, 6) is -0.446. The molecule has 0 aliphatic carbocycles. The number of fused-ring (bicyclic) bond motifs is 1. The number of aryl methyl sites for hydroxylation is 1. The van der Waals surface area contributed by atoms with Gasteiger partial charge in [-0.25, -0.2) is 9.48 Å². The van der Waals surface area contributed by atoms with Crippen LogP contribution in [-0.2, 0) is 9.53 Å². The Morgan fingerprint density at radius 2 is 2.08 bits per heavy atom. The monoisotopic (exact) mass is 357 g/mol. The minimum atomic E-state index is -0.446. The predicted molar refractivity (Wildman–Crippen MR) is 97.1 cm³/mol. The van der Waals surface area contributed by atoms with Crippen LogP contribution in [0, 0.1) is 6.92 Å². The van der Waals surface area contributed by atoms with Crippen molar-refractivity contribution in [3.63, 3.8) is 0 Å². The van der Waals surface area contributed by atoms with Gasteiger partial charge in [0.2, 0.25) is 0 Å². The van der Waals surface area contributed by atoms with Crippen LogP contribution >= 0.6 is 11.6 Å². The predicted octanol–water partition coefficient (Wildman–Crippen LogP) is 3.25. The molecular formula is C18H16ClN3O3. The van der Waals surface area contributed by atoms with Crippen LogP contribution in [0.15, 0.2) is 41.3 Å². The summed E-state index contributed by atoms with van der Waals surface area (Å²) in [6.45, 7) is 3.85. The quantitative estimate of drug-likeness (QED) is 0.574. The van der Waals surface area contributed by atoms with E-state index in [4.69, 9.17) is 16.3 Å². The fourth-order valence-electron chi connectivity index (χ4n) is 2.50. The van der Waals surface area contributed by atoms with Crippen molar-refractivity contribution in [1.82, 2.24) is 14.8 Å². The zero-order valence-electron chi connectivity index (χ0n) is 13.7. The van der Waals surface area contributed by atoms with Crippen molar-refractivity contribution in [2.75, 3.05) is 6.61 Å². The number of H-pyrrole nitrogens is 1. The minimum Gasteiger partial charge on any atom is -0.463 e. The number of hydrogen-bond acceptors (Lipinski definition) is 4.